The maximum absolute atomic E-state index is 13.2. The Morgan fingerprint density at radius 3 is 2.93 bits per heavy atom. The van der Waals surface area contributed by atoms with E-state index in [1.165, 1.54) is 0 Å². The first kappa shape index (κ1) is 18.8. The predicted octanol–water partition coefficient (Wildman–Crippen LogP) is 2.78. The smallest absolute Gasteiger partial charge is 0.272 e. The minimum absolute atomic E-state index is 0.0163. The number of likely N-dealkylation sites (tertiary alicyclic amines) is 1. The Hall–Kier alpha value is -3.19. The first-order valence-corrected chi connectivity index (χ1v) is 10.3. The van der Waals surface area contributed by atoms with Crippen LogP contribution in [0, 0.1) is 6.92 Å². The minimum Gasteiger partial charge on any atom is -0.383 e. The topological polar surface area (TPSA) is 63.5 Å². The van der Waals surface area contributed by atoms with Crippen LogP contribution in [0.2, 0.25) is 0 Å². The number of nitrogens with zero attached hydrogens (tertiary/aromatic N) is 5. The van der Waals surface area contributed by atoms with Crippen LogP contribution in [0.3, 0.4) is 0 Å². The van der Waals surface area contributed by atoms with Crippen LogP contribution >= 0.6 is 0 Å². The van der Waals surface area contributed by atoms with Crippen LogP contribution in [-0.4, -0.2) is 58.7 Å². The number of aromatic nitrogens is 3. The molecule has 1 amide bonds. The Labute approximate surface area is 175 Å². The van der Waals surface area contributed by atoms with Gasteiger partial charge in [0.25, 0.3) is 5.91 Å². The largest absolute Gasteiger partial charge is 0.383 e. The molecule has 7 heteroatoms. The fourth-order valence-corrected chi connectivity index (χ4v) is 4.84. The van der Waals surface area contributed by atoms with Gasteiger partial charge in [0.05, 0.1) is 18.0 Å². The molecule has 2 aliphatic rings. The standard InChI is InChI=1S/C23H25N5O2/c1-17-6-3-7-18(25-17)22(29)26-13-10-23(16-26)20-9-5-12-27(20)21-19(8-4-11-24-21)28(23)14-15-30-2/h3-9,11-12H,10,13-16H2,1-2H3/t23-/m0/s1. The second-order valence-electron chi connectivity index (χ2n) is 7.93. The number of pyridine rings is 2. The highest BCUT2D eigenvalue weighted by Gasteiger charge is 2.50. The van der Waals surface area contributed by atoms with Crippen molar-refractivity contribution in [2.75, 3.05) is 38.3 Å². The van der Waals surface area contributed by atoms with Crippen LogP contribution in [0.1, 0.15) is 28.3 Å². The van der Waals surface area contributed by atoms with Crippen molar-refractivity contribution in [3.8, 4) is 5.82 Å². The Morgan fingerprint density at radius 1 is 1.20 bits per heavy atom. The quantitative estimate of drug-likeness (QED) is 0.670. The van der Waals surface area contributed by atoms with Crippen LogP contribution in [-0.2, 0) is 10.3 Å². The SMILES string of the molecule is COCCN1c2cccnc2-n2cccc2[C@@]12CCN(C(=O)c1cccc(C)n1)C2. The molecule has 5 heterocycles. The van der Waals surface area contributed by atoms with E-state index in [1.807, 2.05) is 36.2 Å². The van der Waals surface area contributed by atoms with Crippen LogP contribution in [0.15, 0.2) is 54.9 Å². The lowest BCUT2D eigenvalue weighted by Crippen LogP contribution is -2.53. The lowest BCUT2D eigenvalue weighted by molar-refractivity contribution is 0.0775. The van der Waals surface area contributed by atoms with Gasteiger partial charge in [-0.1, -0.05) is 6.07 Å². The van der Waals surface area contributed by atoms with Gasteiger partial charge < -0.3 is 19.1 Å². The molecule has 0 N–H and O–H groups in total. The minimum atomic E-state index is -0.322. The van der Waals surface area contributed by atoms with Gasteiger partial charge in [0, 0.05) is 44.8 Å². The summed E-state index contributed by atoms with van der Waals surface area (Å²) in [5.41, 5.74) is 3.27. The van der Waals surface area contributed by atoms with Gasteiger partial charge in [-0.05, 0) is 49.7 Å². The van der Waals surface area contributed by atoms with Gasteiger partial charge in [0.15, 0.2) is 5.82 Å². The van der Waals surface area contributed by atoms with Crippen molar-refractivity contribution >= 4 is 11.6 Å². The molecular formula is C23H25N5O2. The number of methoxy groups -OCH3 is 1. The molecule has 0 saturated carbocycles. The molecule has 0 aromatic carbocycles. The number of ether oxygens (including phenoxy) is 1. The highest BCUT2D eigenvalue weighted by molar-refractivity contribution is 5.92. The molecule has 1 spiro atoms. The molecule has 1 atom stereocenters. The Bertz CT molecular complexity index is 1090. The van der Waals surface area contributed by atoms with E-state index in [0.717, 1.165) is 35.9 Å². The van der Waals surface area contributed by atoms with E-state index < -0.39 is 0 Å². The summed E-state index contributed by atoms with van der Waals surface area (Å²) >= 11 is 0. The predicted molar refractivity (Wildman–Crippen MR) is 114 cm³/mol. The summed E-state index contributed by atoms with van der Waals surface area (Å²) < 4.78 is 7.59. The Balaban J connectivity index is 1.56. The molecule has 0 unspecified atom stereocenters. The van der Waals surface area contributed by atoms with E-state index in [1.54, 1.807) is 13.2 Å². The molecule has 3 aromatic rings. The number of aryl methyl sites for hydroxylation is 1. The van der Waals surface area contributed by atoms with Crippen LogP contribution in [0.4, 0.5) is 5.69 Å². The summed E-state index contributed by atoms with van der Waals surface area (Å²) in [6.07, 6.45) is 4.72. The summed E-state index contributed by atoms with van der Waals surface area (Å²) in [5, 5.41) is 0. The Kier molecular flexibility index (Phi) is 4.55. The zero-order chi connectivity index (χ0) is 20.7. The van der Waals surface area contributed by atoms with Crippen LogP contribution < -0.4 is 4.90 Å². The Morgan fingerprint density at radius 2 is 2.10 bits per heavy atom. The summed E-state index contributed by atoms with van der Waals surface area (Å²) in [6, 6.07) is 13.9. The molecular weight excluding hydrogens is 378 g/mol. The van der Waals surface area contributed by atoms with Gasteiger partial charge in [-0.2, -0.15) is 0 Å². The van der Waals surface area contributed by atoms with Crippen LogP contribution in [0.25, 0.3) is 5.82 Å². The van der Waals surface area contributed by atoms with Crippen LogP contribution in [0.5, 0.6) is 0 Å². The third-order valence-electron chi connectivity index (χ3n) is 6.19. The van der Waals surface area contributed by atoms with Crippen molar-refractivity contribution in [3.05, 3.63) is 71.9 Å². The number of rotatable bonds is 4. The van der Waals surface area contributed by atoms with Crippen molar-refractivity contribution < 1.29 is 9.53 Å². The average Bonchev–Trinajstić information content (AvgIpc) is 3.42. The second-order valence-corrected chi connectivity index (χ2v) is 7.93. The van der Waals surface area contributed by atoms with Crippen molar-refractivity contribution in [2.45, 2.75) is 18.9 Å². The first-order chi connectivity index (χ1) is 14.6. The first-order valence-electron chi connectivity index (χ1n) is 10.3. The molecule has 30 heavy (non-hydrogen) atoms. The molecule has 1 saturated heterocycles. The fourth-order valence-electron chi connectivity index (χ4n) is 4.84. The lowest BCUT2D eigenvalue weighted by atomic mass is 9.89. The van der Waals surface area contributed by atoms with E-state index in [2.05, 4.69) is 43.8 Å². The van der Waals surface area contributed by atoms with Gasteiger partial charge in [0.2, 0.25) is 0 Å². The number of fused-ring (bicyclic) bond motifs is 4. The zero-order valence-electron chi connectivity index (χ0n) is 17.3. The fraction of sp³-hybridized carbons (Fsp3) is 0.348. The maximum atomic E-state index is 13.2. The normalized spacial score (nSPS) is 19.8. The summed E-state index contributed by atoms with van der Waals surface area (Å²) in [7, 11) is 1.72. The molecule has 0 bridgehead atoms. The number of hydrogen-bond donors (Lipinski definition) is 0. The van der Waals surface area contributed by atoms with E-state index in [0.29, 0.717) is 25.4 Å². The van der Waals surface area contributed by atoms with Crippen molar-refractivity contribution in [2.24, 2.45) is 0 Å². The van der Waals surface area contributed by atoms with E-state index >= 15 is 0 Å². The molecule has 154 valence electrons. The third-order valence-corrected chi connectivity index (χ3v) is 6.19. The van der Waals surface area contributed by atoms with E-state index in [-0.39, 0.29) is 11.4 Å². The molecule has 2 aliphatic heterocycles. The second kappa shape index (κ2) is 7.25. The lowest BCUT2D eigenvalue weighted by Gasteiger charge is -2.47. The van der Waals surface area contributed by atoms with Crippen molar-refractivity contribution in [3.63, 3.8) is 0 Å². The zero-order valence-corrected chi connectivity index (χ0v) is 17.3. The van der Waals surface area contributed by atoms with Gasteiger partial charge in [-0.3, -0.25) is 4.79 Å². The number of carbonyl (C=O) groups excluding carboxylic acids is 1. The molecule has 0 aliphatic carbocycles. The molecule has 3 aromatic heterocycles. The number of amides is 1. The maximum Gasteiger partial charge on any atom is 0.272 e. The van der Waals surface area contributed by atoms with Crippen molar-refractivity contribution in [1.82, 2.24) is 19.4 Å². The van der Waals surface area contributed by atoms with Gasteiger partial charge in [-0.25, -0.2) is 9.97 Å². The number of anilines is 1. The summed E-state index contributed by atoms with van der Waals surface area (Å²) in [5.74, 6) is 0.904. The highest BCUT2D eigenvalue weighted by Crippen LogP contribution is 2.46. The molecule has 0 radical (unpaired) electrons. The highest BCUT2D eigenvalue weighted by atomic mass is 16.5. The van der Waals surface area contributed by atoms with E-state index in [9.17, 15) is 4.79 Å². The van der Waals surface area contributed by atoms with Gasteiger partial charge in [-0.15, -0.1) is 0 Å². The number of hydrogen-bond acceptors (Lipinski definition) is 5. The average molecular weight is 403 g/mol. The van der Waals surface area contributed by atoms with Gasteiger partial charge >= 0.3 is 0 Å². The number of carbonyl (C=O) groups is 1. The molecule has 5 rings (SSSR count). The monoisotopic (exact) mass is 403 g/mol. The molecule has 1 fully saturated rings. The van der Waals surface area contributed by atoms with Gasteiger partial charge in [0.1, 0.15) is 11.2 Å². The molecule has 7 nitrogen and oxygen atoms in total. The summed E-state index contributed by atoms with van der Waals surface area (Å²) in [6.45, 7) is 4.52. The summed E-state index contributed by atoms with van der Waals surface area (Å²) in [4.78, 5) is 26.7. The third kappa shape index (κ3) is 2.81. The van der Waals surface area contributed by atoms with E-state index in [4.69, 9.17) is 4.74 Å². The van der Waals surface area contributed by atoms with Crippen molar-refractivity contribution in [1.29, 1.82) is 0 Å².